The first kappa shape index (κ1) is 12.4. The Morgan fingerprint density at radius 3 is 1.36 bits per heavy atom. The van der Waals surface area contributed by atoms with E-state index in [9.17, 15) is 4.79 Å². The van der Waals surface area contributed by atoms with Gasteiger partial charge in [0.1, 0.15) is 0 Å². The normalized spacial score (nSPS) is 7.27. The van der Waals surface area contributed by atoms with Crippen molar-refractivity contribution in [2.24, 2.45) is 0 Å². The summed E-state index contributed by atoms with van der Waals surface area (Å²) >= 11 is 0. The van der Waals surface area contributed by atoms with E-state index in [4.69, 9.17) is 9.90 Å². The summed E-state index contributed by atoms with van der Waals surface area (Å²) in [6, 6.07) is 0.0185. The molecule has 0 bridgehead atoms. The van der Waals surface area contributed by atoms with Crippen molar-refractivity contribution in [2.45, 2.75) is 0 Å². The third-order valence-corrected chi connectivity index (χ3v) is 0.765. The fraction of sp³-hybridized carbons (Fsp3) is 0.667. The van der Waals surface area contributed by atoms with E-state index in [1.807, 2.05) is 0 Å². The lowest BCUT2D eigenvalue weighted by Gasteiger charge is -2.16. The number of hydrogen-bond donors (Lipinski definition) is 1. The van der Waals surface area contributed by atoms with E-state index in [1.165, 1.54) is 9.80 Å². The van der Waals surface area contributed by atoms with Crippen molar-refractivity contribution in [3.05, 3.63) is 0 Å². The zero-order valence-corrected chi connectivity index (χ0v) is 7.24. The average molecular weight is 162 g/mol. The standard InChI is InChI=1S/C5H12N2O.CH2O2/c1-6(2)5(8)7(3)4;2-1-3/h1-4H3;1H,(H,2,3). The van der Waals surface area contributed by atoms with Crippen LogP contribution in [0, 0.1) is 0 Å². The van der Waals surface area contributed by atoms with Crippen LogP contribution >= 0.6 is 0 Å². The number of rotatable bonds is 0. The first-order valence-corrected chi connectivity index (χ1v) is 2.93. The van der Waals surface area contributed by atoms with E-state index in [2.05, 4.69) is 0 Å². The number of carbonyl (C=O) groups is 2. The summed E-state index contributed by atoms with van der Waals surface area (Å²) in [5.74, 6) is 0. The van der Waals surface area contributed by atoms with E-state index in [0.717, 1.165) is 0 Å². The van der Waals surface area contributed by atoms with E-state index in [-0.39, 0.29) is 12.5 Å². The molecule has 66 valence electrons. The largest absolute Gasteiger partial charge is 0.483 e. The lowest BCUT2D eigenvalue weighted by Crippen LogP contribution is -2.33. The zero-order chi connectivity index (χ0) is 9.44. The van der Waals surface area contributed by atoms with Crippen LogP contribution in [0.3, 0.4) is 0 Å². The molecule has 5 nitrogen and oxygen atoms in total. The highest BCUT2D eigenvalue weighted by Crippen LogP contribution is 1.83. The maximum atomic E-state index is 10.7. The summed E-state index contributed by atoms with van der Waals surface area (Å²) in [5.41, 5.74) is 0. The van der Waals surface area contributed by atoms with E-state index >= 15 is 0 Å². The Kier molecular flexibility index (Phi) is 7.74. The Balaban J connectivity index is 0. The lowest BCUT2D eigenvalue weighted by atomic mass is 10.7. The minimum atomic E-state index is -0.250. The molecule has 0 spiro atoms. The van der Waals surface area contributed by atoms with Gasteiger partial charge in [0.25, 0.3) is 6.47 Å². The third-order valence-electron chi connectivity index (χ3n) is 0.765. The van der Waals surface area contributed by atoms with E-state index in [1.54, 1.807) is 28.2 Å². The quantitative estimate of drug-likeness (QED) is 0.507. The Hall–Kier alpha value is -1.26. The molecule has 0 aromatic carbocycles. The summed E-state index contributed by atoms with van der Waals surface area (Å²) in [6.45, 7) is -0.250. The minimum Gasteiger partial charge on any atom is -0.483 e. The minimum absolute atomic E-state index is 0.0185. The van der Waals surface area contributed by atoms with Crippen molar-refractivity contribution < 1.29 is 14.7 Å². The molecule has 2 amide bonds. The molecule has 0 aromatic rings. The lowest BCUT2D eigenvalue weighted by molar-refractivity contribution is -0.122. The smallest absolute Gasteiger partial charge is 0.318 e. The first-order valence-electron chi connectivity index (χ1n) is 2.93. The maximum absolute atomic E-state index is 10.7. The van der Waals surface area contributed by atoms with Gasteiger partial charge in [-0.1, -0.05) is 0 Å². The Labute approximate surface area is 66.2 Å². The Morgan fingerprint density at radius 2 is 1.36 bits per heavy atom. The molecular formula is C6H14N2O3. The molecule has 0 unspecified atom stereocenters. The van der Waals surface area contributed by atoms with Crippen molar-refractivity contribution >= 4 is 12.5 Å². The van der Waals surface area contributed by atoms with Gasteiger partial charge in [0, 0.05) is 28.2 Å². The predicted molar refractivity (Wildman–Crippen MR) is 41.5 cm³/mol. The van der Waals surface area contributed by atoms with Crippen molar-refractivity contribution in [1.29, 1.82) is 0 Å². The molecule has 5 heteroatoms. The molecule has 0 saturated heterocycles. The monoisotopic (exact) mass is 162 g/mol. The molecule has 0 aliphatic heterocycles. The highest BCUT2D eigenvalue weighted by molar-refractivity contribution is 5.72. The van der Waals surface area contributed by atoms with Gasteiger partial charge in [-0.05, 0) is 0 Å². The van der Waals surface area contributed by atoms with Crippen molar-refractivity contribution in [1.82, 2.24) is 9.80 Å². The second kappa shape index (κ2) is 6.85. The summed E-state index contributed by atoms with van der Waals surface area (Å²) in [7, 11) is 6.90. The topological polar surface area (TPSA) is 60.9 Å². The van der Waals surface area contributed by atoms with Gasteiger partial charge in [-0.3, -0.25) is 4.79 Å². The molecule has 0 atom stereocenters. The molecule has 1 N–H and O–H groups in total. The number of amides is 2. The zero-order valence-electron chi connectivity index (χ0n) is 7.24. The summed E-state index contributed by atoms with van der Waals surface area (Å²) < 4.78 is 0. The van der Waals surface area contributed by atoms with Crippen LogP contribution in [-0.2, 0) is 4.79 Å². The maximum Gasteiger partial charge on any atom is 0.318 e. The van der Waals surface area contributed by atoms with Gasteiger partial charge < -0.3 is 14.9 Å². The SMILES string of the molecule is CN(C)C(=O)N(C)C.O=CO. The average Bonchev–Trinajstić information content (AvgIpc) is 1.87. The van der Waals surface area contributed by atoms with Crippen molar-refractivity contribution in [2.75, 3.05) is 28.2 Å². The van der Waals surface area contributed by atoms with Gasteiger partial charge in [-0.15, -0.1) is 0 Å². The first-order chi connectivity index (χ1) is 4.97. The summed E-state index contributed by atoms with van der Waals surface area (Å²) in [5, 5.41) is 6.89. The van der Waals surface area contributed by atoms with Crippen LogP contribution in [0.15, 0.2) is 0 Å². The number of nitrogens with zero attached hydrogens (tertiary/aromatic N) is 2. The fourth-order valence-corrected chi connectivity index (χ4v) is 0.400. The molecule has 0 fully saturated rings. The molecule has 0 rings (SSSR count). The Bertz CT molecular complexity index is 113. The molecule has 0 aliphatic carbocycles. The van der Waals surface area contributed by atoms with Crippen LogP contribution < -0.4 is 0 Å². The molecule has 0 aliphatic rings. The highest BCUT2D eigenvalue weighted by atomic mass is 16.3. The highest BCUT2D eigenvalue weighted by Gasteiger charge is 2.02. The third kappa shape index (κ3) is 8.74. The molecule has 11 heavy (non-hydrogen) atoms. The van der Waals surface area contributed by atoms with E-state index < -0.39 is 0 Å². The van der Waals surface area contributed by atoms with Crippen LogP contribution in [0.4, 0.5) is 4.79 Å². The van der Waals surface area contributed by atoms with Crippen LogP contribution in [-0.4, -0.2) is 55.6 Å². The molecular weight excluding hydrogens is 148 g/mol. The fourth-order valence-electron chi connectivity index (χ4n) is 0.400. The summed E-state index contributed by atoms with van der Waals surface area (Å²) in [6.07, 6.45) is 0. The molecule has 0 heterocycles. The number of urea groups is 1. The number of carbonyl (C=O) groups excluding carboxylic acids is 1. The van der Waals surface area contributed by atoms with Crippen LogP contribution in [0.5, 0.6) is 0 Å². The molecule has 0 radical (unpaired) electrons. The van der Waals surface area contributed by atoms with Crippen molar-refractivity contribution in [3.8, 4) is 0 Å². The number of carboxylic acid groups (broad SMARTS) is 1. The van der Waals surface area contributed by atoms with Gasteiger partial charge in [-0.25, -0.2) is 4.79 Å². The van der Waals surface area contributed by atoms with Crippen LogP contribution in [0.2, 0.25) is 0 Å². The predicted octanol–water partition coefficient (Wildman–Crippen LogP) is -0.0696. The van der Waals surface area contributed by atoms with Gasteiger partial charge in [0.2, 0.25) is 0 Å². The van der Waals surface area contributed by atoms with Gasteiger partial charge in [0.15, 0.2) is 0 Å². The summed E-state index contributed by atoms with van der Waals surface area (Å²) in [4.78, 5) is 22.1. The second-order valence-corrected chi connectivity index (χ2v) is 2.18. The number of hydrogen-bond acceptors (Lipinski definition) is 2. The van der Waals surface area contributed by atoms with Crippen molar-refractivity contribution in [3.63, 3.8) is 0 Å². The Morgan fingerprint density at radius 1 is 1.18 bits per heavy atom. The molecule has 0 saturated carbocycles. The van der Waals surface area contributed by atoms with Gasteiger partial charge >= 0.3 is 6.03 Å². The molecule has 0 aromatic heterocycles. The van der Waals surface area contributed by atoms with Gasteiger partial charge in [-0.2, -0.15) is 0 Å². The van der Waals surface area contributed by atoms with Crippen LogP contribution in [0.25, 0.3) is 0 Å². The van der Waals surface area contributed by atoms with E-state index in [0.29, 0.717) is 0 Å². The van der Waals surface area contributed by atoms with Crippen LogP contribution in [0.1, 0.15) is 0 Å². The van der Waals surface area contributed by atoms with Gasteiger partial charge in [0.05, 0.1) is 0 Å². The second-order valence-electron chi connectivity index (χ2n) is 2.18.